The van der Waals surface area contributed by atoms with E-state index in [2.05, 4.69) is 5.32 Å². The molecule has 9 aliphatic rings. The number of aromatic carboxylic acids is 1. The molecule has 1 aliphatic carbocycles. The van der Waals surface area contributed by atoms with Crippen molar-refractivity contribution >= 4 is 70.1 Å². The van der Waals surface area contributed by atoms with Crippen LogP contribution in [-0.4, -0.2) is 313 Å². The number of carbonyl (C=O) groups is 10. The van der Waals surface area contributed by atoms with Crippen LogP contribution in [0.15, 0.2) is 63.8 Å². The summed E-state index contributed by atoms with van der Waals surface area (Å²) in [4.78, 5) is 173. The molecular weight excluding hydrogens is 1500 g/mol. The standard InChI is InChI=1S/C82H117N13O21/c1-46(2)43-113-56-28-63(74(87)99)90(41-56)77(102)65-29-52(109-21-7-17-83)38-92(65)79(104)67-31-54(111-23-9-19-85)40-94(67)81(106)69-34-58(115-45-48(5)6)42-95(69)80(105)68-32-55(112-24-10-20-86)39-93(68)78(103)66-30-53(110-22-8-18-84)37-91(66)76(101)64-33-57(114-44-47(3)4)36-89(64)72(98)35-88-75(100)49-11-14-59(62(25-49)82(107)108)73-60-15-12-50(96)26-70(60)116-71-27-51(97)13-16-61(71)73/h11-16,25-27,46-48,52-58,63-69,96H,7-10,17-24,28-45,83-86H2,1-6H3,(H2,87,99)(H,88,100)(H,107,108)/t52-,53-,54-,55-,56-,57-,58-,63+,64+,65+,66+,67+,68+,69+/m1/s1. The monoisotopic (exact) mass is 1620 g/mol. The number of primary amides is 1. The Hall–Kier alpha value is -8.81. The van der Waals surface area contributed by atoms with E-state index >= 15 is 28.8 Å². The molecule has 8 heterocycles. The van der Waals surface area contributed by atoms with Crippen molar-refractivity contribution in [1.29, 1.82) is 0 Å². The second kappa shape index (κ2) is 40.1. The normalized spacial score (nSPS) is 25.5. The Morgan fingerprint density at radius 1 is 0.448 bits per heavy atom. The highest BCUT2D eigenvalue weighted by molar-refractivity contribution is 6.09. The van der Waals surface area contributed by atoms with Crippen molar-refractivity contribution in [2.45, 2.75) is 197 Å². The van der Waals surface area contributed by atoms with Gasteiger partial charge in [0.25, 0.3) is 5.91 Å². The van der Waals surface area contributed by atoms with Crippen LogP contribution in [0.3, 0.4) is 0 Å². The van der Waals surface area contributed by atoms with E-state index in [0.717, 1.165) is 6.07 Å². The van der Waals surface area contributed by atoms with Crippen LogP contribution in [0.2, 0.25) is 0 Å². The molecule has 11 rings (SSSR count). The van der Waals surface area contributed by atoms with Crippen LogP contribution >= 0.6 is 0 Å². The van der Waals surface area contributed by atoms with Gasteiger partial charge in [0.1, 0.15) is 59.4 Å². The lowest BCUT2D eigenvalue weighted by molar-refractivity contribution is -0.155. The number of nitrogens with two attached hydrogens (primary N) is 5. The quantitative estimate of drug-likeness (QED) is 0.0234. The third-order valence-electron chi connectivity index (χ3n) is 22.6. The number of hydrogen-bond donors (Lipinski definition) is 8. The number of nitrogens with zero attached hydrogens (tertiary/aromatic N) is 7. The van der Waals surface area contributed by atoms with E-state index in [1.807, 2.05) is 41.5 Å². The predicted molar refractivity (Wildman–Crippen MR) is 423 cm³/mol. The fourth-order valence-corrected chi connectivity index (χ4v) is 16.9. The Bertz CT molecular complexity index is 4180. The summed E-state index contributed by atoms with van der Waals surface area (Å²) in [6, 6.07) is 3.73. The topological polar surface area (TPSA) is 471 Å². The maximum absolute atomic E-state index is 16.2. The fourth-order valence-electron chi connectivity index (χ4n) is 16.9. The van der Waals surface area contributed by atoms with E-state index in [9.17, 15) is 34.2 Å². The number of benzene rings is 3. The number of rotatable bonds is 37. The molecule has 0 radical (unpaired) electrons. The summed E-state index contributed by atoms with van der Waals surface area (Å²) in [5.41, 5.74) is 29.9. The van der Waals surface area contributed by atoms with Crippen molar-refractivity contribution < 1.29 is 95.7 Å². The smallest absolute Gasteiger partial charge is 0.336 e. The fraction of sp³-hybridized carbons (Fsp3) is 0.646. The van der Waals surface area contributed by atoms with Gasteiger partial charge in [-0.2, -0.15) is 0 Å². The first-order valence-electron chi connectivity index (χ1n) is 41.0. The van der Waals surface area contributed by atoms with Crippen LogP contribution in [0.5, 0.6) is 5.75 Å². The summed E-state index contributed by atoms with van der Waals surface area (Å²) < 4.78 is 50.3. The van der Waals surface area contributed by atoms with Crippen LogP contribution in [0.25, 0.3) is 33.4 Å². The van der Waals surface area contributed by atoms with Crippen LogP contribution in [0.1, 0.15) is 133 Å². The lowest BCUT2D eigenvalue weighted by atomic mass is 9.90. The second-order valence-corrected chi connectivity index (χ2v) is 32.8. The van der Waals surface area contributed by atoms with Crippen LogP contribution < -0.4 is 39.4 Å². The number of hydrogen-bond acceptors (Lipinski definition) is 24. The molecule has 8 aliphatic heterocycles. The SMILES string of the molecule is CC(C)CO[C@@H]1C[C@@H](C(=O)N2C[C@H](OCCCN)C[C@H]2C(=O)N2C[C@H](OCCCN)C[C@H]2C(=O)N2C[C@H](OCC(C)C)C[C@H]2C(=O)N2C[C@H](OCCCN)C[C@H]2C(=O)N2C[C@H](OCCCN)C[C@H]2C(=O)N2C[C@H](OCC(C)C)C[C@H]2C(N)=O)N(C(=O)CNC(=O)c2ccc(-c3c4ccc(=O)cc-4oc4cc(O)ccc34)c(C(=O)O)c2)C1. The van der Waals surface area contributed by atoms with Gasteiger partial charge >= 0.3 is 5.97 Å². The number of carboxylic acid groups (broad SMARTS) is 1. The summed E-state index contributed by atoms with van der Waals surface area (Å²) in [6.45, 7) is 13.5. The Balaban J connectivity index is 0.870. The van der Waals surface area contributed by atoms with E-state index in [4.69, 9.17) is 66.2 Å². The molecule has 7 fully saturated rings. The van der Waals surface area contributed by atoms with Gasteiger partial charge in [-0.3, -0.25) is 47.9 Å². The van der Waals surface area contributed by atoms with Gasteiger partial charge in [-0.05, 0) is 112 Å². The number of amides is 9. The maximum Gasteiger partial charge on any atom is 0.336 e. The maximum atomic E-state index is 16.2. The van der Waals surface area contributed by atoms with Gasteiger partial charge in [-0.25, -0.2) is 4.79 Å². The molecule has 636 valence electrons. The van der Waals surface area contributed by atoms with Gasteiger partial charge in [0.05, 0.1) is 54.8 Å². The van der Waals surface area contributed by atoms with Gasteiger partial charge in [0.2, 0.25) is 47.3 Å². The minimum Gasteiger partial charge on any atom is -0.508 e. The summed E-state index contributed by atoms with van der Waals surface area (Å²) in [7, 11) is 0. The zero-order chi connectivity index (χ0) is 83.3. The van der Waals surface area contributed by atoms with Crippen molar-refractivity contribution in [3.63, 3.8) is 0 Å². The van der Waals surface area contributed by atoms with Crippen molar-refractivity contribution in [2.75, 3.05) is 125 Å². The minimum atomic E-state index is -1.41. The Labute approximate surface area is 675 Å². The van der Waals surface area contributed by atoms with E-state index < -0.39 is 151 Å². The Kier molecular flexibility index (Phi) is 30.4. The van der Waals surface area contributed by atoms with E-state index in [1.165, 1.54) is 76.8 Å². The van der Waals surface area contributed by atoms with E-state index in [1.54, 1.807) is 6.07 Å². The molecule has 2 aromatic carbocycles. The predicted octanol–water partition coefficient (Wildman–Crippen LogP) is 1.45. The van der Waals surface area contributed by atoms with Gasteiger partial charge < -0.3 is 116 Å². The summed E-state index contributed by atoms with van der Waals surface area (Å²) in [6.07, 6.45) is -2.73. The molecule has 2 aromatic rings. The van der Waals surface area contributed by atoms with Gasteiger partial charge in [0.15, 0.2) is 5.43 Å². The Morgan fingerprint density at radius 3 is 1.16 bits per heavy atom. The molecule has 0 bridgehead atoms. The lowest BCUT2D eigenvalue weighted by Gasteiger charge is -2.36. The number of phenolic OH excluding ortho intramolecular Hbond substituents is 1. The van der Waals surface area contributed by atoms with Crippen LogP contribution in [-0.2, 0) is 71.5 Å². The molecule has 0 spiro atoms. The lowest BCUT2D eigenvalue weighted by Crippen LogP contribution is -2.59. The highest BCUT2D eigenvalue weighted by atomic mass is 16.5. The third-order valence-corrected chi connectivity index (χ3v) is 22.6. The van der Waals surface area contributed by atoms with Crippen molar-refractivity contribution in [2.24, 2.45) is 46.4 Å². The number of ether oxygens (including phenoxy) is 7. The molecule has 7 saturated heterocycles. The molecule has 14 atom stereocenters. The number of fused-ring (bicyclic) bond motifs is 2. The molecule has 0 aromatic heterocycles. The summed E-state index contributed by atoms with van der Waals surface area (Å²) in [5.74, 6) is -7.06. The third kappa shape index (κ3) is 20.8. The van der Waals surface area contributed by atoms with E-state index in [0.29, 0.717) is 61.9 Å². The highest BCUT2D eigenvalue weighted by Crippen LogP contribution is 2.43. The van der Waals surface area contributed by atoms with Gasteiger partial charge in [-0.1, -0.05) is 47.6 Å². The van der Waals surface area contributed by atoms with E-state index in [-0.39, 0.29) is 200 Å². The summed E-state index contributed by atoms with van der Waals surface area (Å²) in [5, 5.41) is 24.1. The van der Waals surface area contributed by atoms with Crippen molar-refractivity contribution in [3.8, 4) is 28.2 Å². The highest BCUT2D eigenvalue weighted by Gasteiger charge is 2.57. The molecule has 34 nitrogen and oxygen atoms in total. The minimum absolute atomic E-state index is 0.00613. The zero-order valence-electron chi connectivity index (χ0n) is 67.4. The average molecular weight is 1620 g/mol. The molecule has 0 saturated carbocycles. The van der Waals surface area contributed by atoms with Gasteiger partial charge in [0, 0.05) is 171 Å². The number of likely N-dealkylation sites (tertiary alicyclic amines) is 7. The molecule has 13 N–H and O–H groups in total. The number of aromatic hydroxyl groups is 1. The molecule has 0 unspecified atom stereocenters. The molecular formula is C82H117N13O21. The summed E-state index contributed by atoms with van der Waals surface area (Å²) >= 11 is 0. The van der Waals surface area contributed by atoms with Gasteiger partial charge in [-0.15, -0.1) is 0 Å². The van der Waals surface area contributed by atoms with Crippen molar-refractivity contribution in [1.82, 2.24) is 39.6 Å². The van der Waals surface area contributed by atoms with Crippen LogP contribution in [0.4, 0.5) is 0 Å². The first kappa shape index (κ1) is 88.0. The van der Waals surface area contributed by atoms with Crippen LogP contribution in [0, 0.1) is 17.8 Å². The average Bonchev–Trinajstić information content (AvgIpc) is 1.57. The number of nitrogens with one attached hydrogen (secondary N) is 1. The Morgan fingerprint density at radius 2 is 0.793 bits per heavy atom. The molecule has 116 heavy (non-hydrogen) atoms. The number of phenols is 1. The van der Waals surface area contributed by atoms with Crippen molar-refractivity contribution in [3.05, 3.63) is 75.9 Å². The second-order valence-electron chi connectivity index (χ2n) is 32.8. The number of carboxylic acids is 1. The molecule has 34 heteroatoms. The first-order chi connectivity index (χ1) is 55.6. The zero-order valence-corrected chi connectivity index (χ0v) is 67.4. The molecule has 9 amide bonds. The largest absolute Gasteiger partial charge is 0.508 e. The number of carbonyl (C=O) groups excluding carboxylic acids is 9. The first-order valence-corrected chi connectivity index (χ1v) is 41.0.